The van der Waals surface area contributed by atoms with Gasteiger partial charge in [0.2, 0.25) is 12.7 Å². The van der Waals surface area contributed by atoms with Crippen molar-refractivity contribution in [1.29, 1.82) is 0 Å². The minimum atomic E-state index is -3.94. The highest BCUT2D eigenvalue weighted by Crippen LogP contribution is 2.48. The van der Waals surface area contributed by atoms with Crippen molar-refractivity contribution in [2.45, 2.75) is 55.7 Å². The van der Waals surface area contributed by atoms with Crippen molar-refractivity contribution in [3.8, 4) is 0 Å². The van der Waals surface area contributed by atoms with E-state index in [1.165, 1.54) is 13.8 Å². The first-order valence-corrected chi connectivity index (χ1v) is 11.2. The van der Waals surface area contributed by atoms with Gasteiger partial charge >= 0.3 is 17.9 Å². The number of hydrogen-bond donors (Lipinski definition) is 2. The first-order valence-electron chi connectivity index (χ1n) is 9.67. The number of aliphatic carboxylic acids is 1. The van der Waals surface area contributed by atoms with E-state index in [0.717, 1.165) is 4.90 Å². The number of β-lactam (4-membered cyclic amide) rings is 1. The number of hydrogen-bond acceptors (Lipinski definition) is 9. The third kappa shape index (κ3) is 3.35. The lowest BCUT2D eigenvalue weighted by Gasteiger charge is -2.42. The molecule has 2 heterocycles. The van der Waals surface area contributed by atoms with Gasteiger partial charge in [-0.3, -0.25) is 14.4 Å². The van der Waals surface area contributed by atoms with Crippen LogP contribution >= 0.6 is 0 Å². The maximum absolute atomic E-state index is 12.7. The number of amides is 1. The largest absolute Gasteiger partial charge is 0.481 e. The molecule has 0 aromatic heterocycles. The van der Waals surface area contributed by atoms with Crippen LogP contribution in [0.2, 0.25) is 0 Å². The molecule has 1 amide bonds. The standard InChI is InChI=1S/C18H25NO10S/c1-18(2)12(19-13(21)11(7-20)14(19)30(18,26)27)17(25)29-8-28-16(24)10-5-3-9(4-6-10)15(22)23/h9-12,14,20H,3-8H2,1-2H3,(H,22,23)/t9?,10?,11-,12+,14-/m1/s1. The zero-order valence-electron chi connectivity index (χ0n) is 16.6. The molecule has 30 heavy (non-hydrogen) atoms. The summed E-state index contributed by atoms with van der Waals surface area (Å²) < 4.78 is 33.7. The summed E-state index contributed by atoms with van der Waals surface area (Å²) in [7, 11) is -3.94. The highest BCUT2D eigenvalue weighted by molar-refractivity contribution is 7.93. The Balaban J connectivity index is 1.57. The Hall–Kier alpha value is -2.21. The number of fused-ring (bicyclic) bond motifs is 1. The van der Waals surface area contributed by atoms with Gasteiger partial charge in [0.25, 0.3) is 0 Å². The Morgan fingerprint density at radius 3 is 2.13 bits per heavy atom. The van der Waals surface area contributed by atoms with Crippen LogP contribution in [0.1, 0.15) is 39.5 Å². The number of carbonyl (C=O) groups is 4. The predicted molar refractivity (Wildman–Crippen MR) is 98.1 cm³/mol. The van der Waals surface area contributed by atoms with Crippen LogP contribution in [0.15, 0.2) is 0 Å². The molecular formula is C18H25NO10S. The normalized spacial score (nSPS) is 33.9. The van der Waals surface area contributed by atoms with Crippen molar-refractivity contribution < 1.29 is 47.3 Å². The molecule has 2 aliphatic heterocycles. The van der Waals surface area contributed by atoms with Gasteiger partial charge in [-0.05, 0) is 39.5 Å². The summed E-state index contributed by atoms with van der Waals surface area (Å²) in [5, 5.41) is 17.0. The van der Waals surface area contributed by atoms with E-state index in [4.69, 9.17) is 14.6 Å². The Kier molecular flexibility index (Phi) is 5.84. The van der Waals surface area contributed by atoms with E-state index in [-0.39, 0.29) is 0 Å². The molecule has 3 aliphatic rings. The van der Waals surface area contributed by atoms with Gasteiger partial charge in [-0.1, -0.05) is 0 Å². The summed E-state index contributed by atoms with van der Waals surface area (Å²) in [6.07, 6.45) is 1.41. The lowest BCUT2D eigenvalue weighted by Crippen LogP contribution is -2.64. The van der Waals surface area contributed by atoms with Gasteiger partial charge in [-0.2, -0.15) is 0 Å². The van der Waals surface area contributed by atoms with E-state index in [1.807, 2.05) is 0 Å². The second kappa shape index (κ2) is 7.80. The third-order valence-electron chi connectivity index (χ3n) is 6.41. The summed E-state index contributed by atoms with van der Waals surface area (Å²) >= 11 is 0. The molecule has 2 saturated heterocycles. The number of ether oxygens (including phenoxy) is 2. The van der Waals surface area contributed by atoms with Crippen LogP contribution in [-0.2, 0) is 38.5 Å². The van der Waals surface area contributed by atoms with E-state index in [2.05, 4.69) is 0 Å². The number of aliphatic hydroxyl groups excluding tert-OH is 1. The van der Waals surface area contributed by atoms with Crippen molar-refractivity contribution in [3.05, 3.63) is 0 Å². The van der Waals surface area contributed by atoms with E-state index in [1.54, 1.807) is 0 Å². The second-order valence-corrected chi connectivity index (χ2v) is 11.0. The molecule has 0 spiro atoms. The number of carbonyl (C=O) groups excluding carboxylic acids is 3. The van der Waals surface area contributed by atoms with Gasteiger partial charge < -0.3 is 24.6 Å². The summed E-state index contributed by atoms with van der Waals surface area (Å²) in [4.78, 5) is 48.7. The number of nitrogens with zero attached hydrogens (tertiary/aromatic N) is 1. The molecule has 0 aromatic rings. The molecule has 1 aliphatic carbocycles. The molecule has 0 unspecified atom stereocenters. The van der Waals surface area contributed by atoms with Gasteiger partial charge in [0.15, 0.2) is 9.84 Å². The zero-order valence-corrected chi connectivity index (χ0v) is 17.5. The van der Waals surface area contributed by atoms with Gasteiger partial charge in [0.1, 0.15) is 11.4 Å². The van der Waals surface area contributed by atoms with Crippen molar-refractivity contribution in [1.82, 2.24) is 4.90 Å². The first-order chi connectivity index (χ1) is 13.9. The smallest absolute Gasteiger partial charge is 0.333 e. The highest BCUT2D eigenvalue weighted by Gasteiger charge is 2.72. The molecule has 12 heteroatoms. The number of carboxylic acids is 1. The number of rotatable bonds is 6. The van der Waals surface area contributed by atoms with Crippen molar-refractivity contribution in [2.24, 2.45) is 17.8 Å². The van der Waals surface area contributed by atoms with Crippen LogP contribution < -0.4 is 0 Å². The van der Waals surface area contributed by atoms with Crippen LogP contribution in [0.25, 0.3) is 0 Å². The molecule has 3 atom stereocenters. The zero-order chi connectivity index (χ0) is 22.4. The van der Waals surface area contributed by atoms with Crippen LogP contribution in [0.4, 0.5) is 0 Å². The molecular weight excluding hydrogens is 422 g/mol. The number of sulfone groups is 1. The predicted octanol–water partition coefficient (Wildman–Crippen LogP) is -0.726. The molecule has 2 N–H and O–H groups in total. The molecule has 0 radical (unpaired) electrons. The van der Waals surface area contributed by atoms with Crippen LogP contribution in [0.5, 0.6) is 0 Å². The molecule has 0 aromatic carbocycles. The fourth-order valence-corrected chi connectivity index (χ4v) is 6.78. The lowest BCUT2D eigenvalue weighted by atomic mass is 9.82. The van der Waals surface area contributed by atoms with Gasteiger partial charge in [-0.25, -0.2) is 13.2 Å². The summed E-state index contributed by atoms with van der Waals surface area (Å²) in [5.74, 6) is -5.26. The van der Waals surface area contributed by atoms with E-state index in [0.29, 0.717) is 25.7 Å². The Morgan fingerprint density at radius 1 is 1.07 bits per heavy atom. The summed E-state index contributed by atoms with van der Waals surface area (Å²) in [6, 6.07) is -1.41. The lowest BCUT2D eigenvalue weighted by molar-refractivity contribution is -0.181. The Bertz CT molecular complexity index is 858. The van der Waals surface area contributed by atoms with Crippen molar-refractivity contribution in [2.75, 3.05) is 13.4 Å². The summed E-state index contributed by atoms with van der Waals surface area (Å²) in [5.41, 5.74) is 0. The average molecular weight is 447 g/mol. The fraction of sp³-hybridized carbons (Fsp3) is 0.778. The van der Waals surface area contributed by atoms with Gasteiger partial charge in [0.05, 0.1) is 29.1 Å². The molecule has 168 valence electrons. The maximum atomic E-state index is 12.7. The molecule has 3 fully saturated rings. The van der Waals surface area contributed by atoms with Crippen molar-refractivity contribution in [3.63, 3.8) is 0 Å². The first kappa shape index (κ1) is 22.5. The number of carboxylic acid groups (broad SMARTS) is 1. The number of esters is 2. The van der Waals surface area contributed by atoms with Crippen LogP contribution in [0.3, 0.4) is 0 Å². The highest BCUT2D eigenvalue weighted by atomic mass is 32.2. The van der Waals surface area contributed by atoms with Crippen molar-refractivity contribution >= 4 is 33.7 Å². The third-order valence-corrected chi connectivity index (χ3v) is 9.29. The molecule has 1 saturated carbocycles. The van der Waals surface area contributed by atoms with E-state index >= 15 is 0 Å². The number of aliphatic hydroxyl groups is 1. The second-order valence-electron chi connectivity index (χ2n) is 8.41. The van der Waals surface area contributed by atoms with Crippen LogP contribution in [-0.4, -0.2) is 76.9 Å². The van der Waals surface area contributed by atoms with Gasteiger partial charge in [0, 0.05) is 0 Å². The molecule has 3 rings (SSSR count). The average Bonchev–Trinajstić information content (AvgIpc) is 2.82. The Morgan fingerprint density at radius 2 is 1.60 bits per heavy atom. The quantitative estimate of drug-likeness (QED) is 0.301. The molecule has 0 bridgehead atoms. The van der Waals surface area contributed by atoms with Crippen LogP contribution in [0, 0.1) is 17.8 Å². The fourth-order valence-electron chi connectivity index (χ4n) is 4.48. The maximum Gasteiger partial charge on any atom is 0.333 e. The minimum Gasteiger partial charge on any atom is -0.481 e. The SMILES string of the molecule is CC1(C)[C@H](C(=O)OCOC(=O)C2CCC(C(=O)O)CC2)N2C(=O)[C@@H](CO)[C@H]2S1(=O)=O. The summed E-state index contributed by atoms with van der Waals surface area (Å²) in [6.45, 7) is 1.24. The van der Waals surface area contributed by atoms with Gasteiger partial charge in [-0.15, -0.1) is 0 Å². The van der Waals surface area contributed by atoms with E-state index in [9.17, 15) is 32.7 Å². The topological polar surface area (TPSA) is 165 Å². The Labute approximate surface area is 173 Å². The monoisotopic (exact) mass is 447 g/mol. The minimum absolute atomic E-state index is 0.351. The van der Waals surface area contributed by atoms with E-state index < -0.39 is 81.0 Å². The molecule has 11 nitrogen and oxygen atoms in total.